The van der Waals surface area contributed by atoms with Crippen LogP contribution in [0.3, 0.4) is 0 Å². The fourth-order valence-corrected chi connectivity index (χ4v) is 7.45. The maximum atomic E-state index is 11.6. The van der Waals surface area contributed by atoms with E-state index in [1.807, 2.05) is 72.8 Å². The van der Waals surface area contributed by atoms with Gasteiger partial charge in [-0.25, -0.2) is 8.42 Å². The molecule has 8 rings (SSSR count). The first-order chi connectivity index (χ1) is 30.4. The largest absolute Gasteiger partial charge is 1.00 e. The number of sulfonamides is 1. The zero-order valence-corrected chi connectivity index (χ0v) is 38.1. The van der Waals surface area contributed by atoms with Gasteiger partial charge in [-0.3, -0.25) is 0 Å². The molecule has 0 radical (unpaired) electrons. The van der Waals surface area contributed by atoms with Crippen molar-refractivity contribution in [2.24, 2.45) is 9.63 Å². The van der Waals surface area contributed by atoms with Gasteiger partial charge >= 0.3 is 18.9 Å². The number of hydrogen-bond acceptors (Lipinski definition) is 6. The van der Waals surface area contributed by atoms with Crippen LogP contribution in [0.25, 0.3) is 64.8 Å². The summed E-state index contributed by atoms with van der Waals surface area (Å²) in [5.41, 5.74) is 21.7. The maximum Gasteiger partial charge on any atom is 1.00 e. The van der Waals surface area contributed by atoms with E-state index in [4.69, 9.17) is 24.6 Å². The van der Waals surface area contributed by atoms with Gasteiger partial charge in [0.15, 0.2) is 0 Å². The number of furan rings is 2. The van der Waals surface area contributed by atoms with Crippen LogP contribution in [0.1, 0.15) is 109 Å². The third kappa shape index (κ3) is 17.5. The van der Waals surface area contributed by atoms with Crippen molar-refractivity contribution in [2.45, 2.75) is 115 Å². The van der Waals surface area contributed by atoms with E-state index in [1.54, 1.807) is 18.2 Å². The van der Waals surface area contributed by atoms with E-state index in [0.717, 1.165) is 65.6 Å². The van der Waals surface area contributed by atoms with E-state index in [0.29, 0.717) is 11.3 Å². The smallest absolute Gasteiger partial charge is 0.456 e. The second-order valence-corrected chi connectivity index (χ2v) is 16.5. The van der Waals surface area contributed by atoms with Gasteiger partial charge in [-0.05, 0) is 78.7 Å². The molecule has 7 aromatic rings. The number of unbranched alkanes of at least 4 members (excludes halogenated alkanes) is 10. The number of azide groups is 2. The van der Waals surface area contributed by atoms with Crippen LogP contribution in [0.5, 0.6) is 0 Å². The van der Waals surface area contributed by atoms with E-state index in [-0.39, 0.29) is 23.8 Å². The van der Waals surface area contributed by atoms with E-state index in [1.165, 1.54) is 100.0 Å². The predicted molar refractivity (Wildman–Crippen MR) is 255 cm³/mol. The minimum Gasteiger partial charge on any atom is -0.456 e. The molecule has 328 valence electrons. The number of aryl methyl sites for hydroxylation is 1. The Kier molecular flexibility index (Phi) is 24.9. The van der Waals surface area contributed by atoms with Crippen LogP contribution in [0, 0.1) is 6.92 Å². The fourth-order valence-electron chi connectivity index (χ4n) is 6.78. The van der Waals surface area contributed by atoms with Gasteiger partial charge in [-0.15, -0.1) is 0 Å². The molecule has 11 nitrogen and oxygen atoms in total. The van der Waals surface area contributed by atoms with Gasteiger partial charge < -0.3 is 20.5 Å². The first-order valence-electron chi connectivity index (χ1n) is 22.0. The maximum absolute atomic E-state index is 11.6. The third-order valence-corrected chi connectivity index (χ3v) is 11.3. The van der Waals surface area contributed by atoms with E-state index in [2.05, 4.69) is 52.4 Å². The van der Waals surface area contributed by atoms with Crippen LogP contribution in [-0.2, 0) is 21.2 Å². The summed E-state index contributed by atoms with van der Waals surface area (Å²) in [6, 6.07) is 36.1. The molecule has 1 aliphatic heterocycles. The van der Waals surface area contributed by atoms with Crippen LogP contribution in [0.15, 0.2) is 139 Å². The molecule has 1 aliphatic rings. The van der Waals surface area contributed by atoms with Crippen LogP contribution in [0.2, 0.25) is 0 Å². The number of benzene rings is 5. The van der Waals surface area contributed by atoms with Crippen molar-refractivity contribution in [1.82, 2.24) is 0 Å². The number of hydrogen-bond donors (Lipinski definition) is 0. The molecule has 3 heterocycles. The molecule has 0 unspecified atom stereocenters. The minimum atomic E-state index is -3.86. The van der Waals surface area contributed by atoms with Crippen LogP contribution in [-0.4, -0.2) is 21.6 Å². The van der Waals surface area contributed by atoms with Crippen LogP contribution >= 0.6 is 0 Å². The molecule has 13 heteroatoms. The molecule has 0 saturated carbocycles. The van der Waals surface area contributed by atoms with Crippen molar-refractivity contribution < 1.29 is 40.8 Å². The average molecular weight is 865 g/mol. The Balaban J connectivity index is 0.000000233. The van der Waals surface area contributed by atoms with Crippen LogP contribution < -0.4 is 18.9 Å². The molecule has 0 aliphatic carbocycles. The van der Waals surface area contributed by atoms with Gasteiger partial charge in [0, 0.05) is 49.1 Å². The summed E-state index contributed by atoms with van der Waals surface area (Å²) in [6.07, 6.45) is 18.8. The summed E-state index contributed by atoms with van der Waals surface area (Å²) in [7, 11) is -3.86. The Hall–Kier alpha value is -5.17. The predicted octanol–water partition coefficient (Wildman–Crippen LogP) is 13.7. The quantitative estimate of drug-likeness (QED) is 0.0249. The molecule has 1 saturated heterocycles. The summed E-state index contributed by atoms with van der Waals surface area (Å²) < 4.78 is 42.2. The molecule has 0 N–H and O–H groups in total. The molecular weight excluding hydrogens is 804 g/mol. The van der Waals surface area contributed by atoms with Crippen molar-refractivity contribution in [3.63, 3.8) is 0 Å². The van der Waals surface area contributed by atoms with Gasteiger partial charge in [-0.2, -0.15) is 6.42 Å². The number of fused-ring (bicyclic) bond motifs is 6. The Bertz CT molecular complexity index is 2520. The normalized spacial score (nSPS) is 11.6. The van der Waals surface area contributed by atoms with Crippen molar-refractivity contribution in [3.05, 3.63) is 149 Å². The number of ether oxygens (including phenoxy) is 1. The molecule has 5 aromatic carbocycles. The Morgan fingerprint density at radius 2 is 1.06 bits per heavy atom. The molecule has 0 amide bonds. The fraction of sp³-hybridized carbons (Fsp3) is 0.380. The van der Waals surface area contributed by atoms with Crippen molar-refractivity contribution in [3.8, 4) is 0 Å². The van der Waals surface area contributed by atoms with Crippen LogP contribution in [0.4, 0.5) is 5.69 Å². The van der Waals surface area contributed by atoms with Crippen molar-refractivity contribution in [1.29, 1.82) is 0 Å². The van der Waals surface area contributed by atoms with E-state index >= 15 is 0 Å². The Morgan fingerprint density at radius 1 is 0.587 bits per heavy atom. The van der Waals surface area contributed by atoms with Crippen molar-refractivity contribution in [2.75, 3.05) is 13.2 Å². The second-order valence-electron chi connectivity index (χ2n) is 14.9. The zero-order valence-electron chi connectivity index (χ0n) is 37.3. The second kappa shape index (κ2) is 30.0. The molecule has 0 bridgehead atoms. The van der Waals surface area contributed by atoms with Gasteiger partial charge in [-0.1, -0.05) is 162 Å². The summed E-state index contributed by atoms with van der Waals surface area (Å²) in [5, 5.41) is 8.01. The molecule has 1 fully saturated rings. The Morgan fingerprint density at radius 3 is 1.54 bits per heavy atom. The zero-order chi connectivity index (χ0) is 44.3. The van der Waals surface area contributed by atoms with E-state index in [9.17, 15) is 8.42 Å². The molecule has 0 atom stereocenters. The summed E-state index contributed by atoms with van der Waals surface area (Å²) in [5.74, 6) is 0. The SMILES string of the molecule is C1CCOC1.CCCCCCCCCCCCc1ccc(S(=O)(=O)N=[N+]=[N-])cc1.[CH2-]CCC.[Li+].[N-]=[N+]=Nc1cccc2c1oc1ccccc12.c1ccc2c(c1)oc1ccccc12. The number of rotatable bonds is 15. The summed E-state index contributed by atoms with van der Waals surface area (Å²) in [6.45, 7) is 9.97. The summed E-state index contributed by atoms with van der Waals surface area (Å²) >= 11 is 0. The standard InChI is InChI=1S/C18H29N3O2S.C12H7N3O.C12H8O.C4H8O.C4H9.Li/c1-2-3-4-5-6-7-8-9-10-11-12-17-13-15-18(16-14-17)24(22,23)21-20-19;13-15-14-10-6-3-5-9-8-4-1-2-7-11(8)16-12(9)10;1-3-7-11-9(5-1)10-6-2-4-8-12(10)13-11;1-2-4-5-3-1;1-3-4-2;/h13-16H,2-12H2,1H3;1-7H;1-8H;1-4H2;1,3-4H2,2H3;/q;;;;-1;+1. The minimum absolute atomic E-state index is 0. The monoisotopic (exact) mass is 864 g/mol. The molecule has 0 spiro atoms. The first kappa shape index (κ1) is 52.2. The van der Waals surface area contributed by atoms with Gasteiger partial charge in [0.05, 0.1) is 10.6 Å². The topological polar surface area (TPSA) is 167 Å². The van der Waals surface area contributed by atoms with Gasteiger partial charge in [0.2, 0.25) is 0 Å². The third-order valence-electron chi connectivity index (χ3n) is 10.2. The van der Waals surface area contributed by atoms with Gasteiger partial charge in [0.1, 0.15) is 22.3 Å². The number of nitrogens with zero attached hydrogens (tertiary/aromatic N) is 6. The van der Waals surface area contributed by atoms with Crippen molar-refractivity contribution >= 4 is 59.6 Å². The summed E-state index contributed by atoms with van der Waals surface area (Å²) in [4.78, 5) is 5.19. The molecule has 63 heavy (non-hydrogen) atoms. The van der Waals surface area contributed by atoms with Gasteiger partial charge in [0.25, 0.3) is 10.0 Å². The van der Waals surface area contributed by atoms with E-state index < -0.39 is 10.0 Å². The average Bonchev–Trinajstić information content (AvgIpc) is 4.09. The first-order valence-corrected chi connectivity index (χ1v) is 23.4. The number of para-hydroxylation sites is 4. The Labute approximate surface area is 385 Å². The molecular formula is C50H61LiN6O5S. The molecule has 2 aromatic heterocycles.